The van der Waals surface area contributed by atoms with Gasteiger partial charge in [0.25, 0.3) is 5.69 Å². The van der Waals surface area contributed by atoms with Crippen LogP contribution in [0.5, 0.6) is 5.95 Å². The first-order valence-electron chi connectivity index (χ1n) is 8.57. The van der Waals surface area contributed by atoms with Gasteiger partial charge in [0.05, 0.1) is 21.6 Å². The third-order valence-corrected chi connectivity index (χ3v) is 5.20. The predicted molar refractivity (Wildman–Crippen MR) is 105 cm³/mol. The summed E-state index contributed by atoms with van der Waals surface area (Å²) in [4.78, 5) is 16.7. The minimum Gasteiger partial charge on any atom is -0.539 e. The molecule has 3 aromatic rings. The number of carbonyl (C=O) groups is 1. The van der Waals surface area contributed by atoms with E-state index >= 15 is 0 Å². The minimum absolute atomic E-state index is 0.0283. The smallest absolute Gasteiger partial charge is 0.266 e. The number of nitriles is 2. The Morgan fingerprint density at radius 1 is 1.30 bits per heavy atom. The van der Waals surface area contributed by atoms with Crippen LogP contribution in [0.3, 0.4) is 0 Å². The Morgan fingerprint density at radius 3 is 2.53 bits per heavy atom. The molecule has 0 spiro atoms. The highest BCUT2D eigenvalue weighted by Gasteiger charge is 2.30. The number of thioether (sulfide) groups is 1. The summed E-state index contributed by atoms with van der Waals surface area (Å²) in [5, 5.41) is 37.1. The molecule has 10 nitrogen and oxygen atoms in total. The number of nitrogens with two attached hydrogens (primary N) is 1. The first-order chi connectivity index (χ1) is 14.4. The Balaban J connectivity index is 2.03. The number of para-hydroxylation sites is 1. The fourth-order valence-corrected chi connectivity index (χ4v) is 3.60. The van der Waals surface area contributed by atoms with Gasteiger partial charge < -0.3 is 20.7 Å². The molecule has 0 saturated carbocycles. The summed E-state index contributed by atoms with van der Waals surface area (Å²) in [7, 11) is 1.43. The third-order valence-electron chi connectivity index (χ3n) is 4.11. The summed E-state index contributed by atoms with van der Waals surface area (Å²) in [6.45, 7) is 1.64. The molecule has 1 aromatic carbocycles. The standard InChI is InChI=1S/C19H15N7O3S/c1-10(17(27)23-11-6-4-3-5-7-11)30-18-13(9-21)14(12(8-20)16(22)24-18)15-19(28)29-25-26(15)2/h3-7,10H,1-2H3,(H3-,22,23,24,25,27,28). The van der Waals surface area contributed by atoms with Gasteiger partial charge in [0, 0.05) is 5.69 Å². The number of carbonyl (C=O) groups excluding carboxylic acids is 1. The molecule has 0 fully saturated rings. The maximum Gasteiger partial charge on any atom is 0.266 e. The van der Waals surface area contributed by atoms with E-state index in [0.29, 0.717) is 5.69 Å². The van der Waals surface area contributed by atoms with Crippen molar-refractivity contribution >= 4 is 29.2 Å². The monoisotopic (exact) mass is 421 g/mol. The van der Waals surface area contributed by atoms with Gasteiger partial charge in [-0.05, 0) is 19.1 Å². The zero-order valence-corrected chi connectivity index (χ0v) is 16.7. The largest absolute Gasteiger partial charge is 0.539 e. The predicted octanol–water partition coefficient (Wildman–Crippen LogP) is 1.08. The van der Waals surface area contributed by atoms with E-state index in [0.717, 1.165) is 16.4 Å². The number of nitrogens with one attached hydrogen (secondary N) is 1. The summed E-state index contributed by atoms with van der Waals surface area (Å²) in [5.74, 6) is -1.33. The molecular formula is C19H15N7O3S. The highest BCUT2D eigenvalue weighted by atomic mass is 32.2. The van der Waals surface area contributed by atoms with Gasteiger partial charge >= 0.3 is 0 Å². The van der Waals surface area contributed by atoms with E-state index in [1.165, 1.54) is 7.05 Å². The van der Waals surface area contributed by atoms with Gasteiger partial charge in [-0.15, -0.1) is 0 Å². The molecule has 11 heteroatoms. The van der Waals surface area contributed by atoms with Crippen LogP contribution in [-0.2, 0) is 11.8 Å². The second-order valence-corrected chi connectivity index (χ2v) is 7.43. The Labute approximate surface area is 175 Å². The van der Waals surface area contributed by atoms with Crippen LogP contribution < -0.4 is 20.8 Å². The van der Waals surface area contributed by atoms with E-state index in [4.69, 9.17) is 5.73 Å². The van der Waals surface area contributed by atoms with Crippen LogP contribution in [0.2, 0.25) is 0 Å². The van der Waals surface area contributed by atoms with Crippen molar-refractivity contribution in [3.8, 4) is 29.3 Å². The molecule has 0 aliphatic rings. The lowest BCUT2D eigenvalue weighted by Crippen LogP contribution is -2.32. The van der Waals surface area contributed by atoms with E-state index in [9.17, 15) is 20.4 Å². The lowest BCUT2D eigenvalue weighted by molar-refractivity contribution is -0.730. The van der Waals surface area contributed by atoms with E-state index in [1.54, 1.807) is 31.2 Å². The highest BCUT2D eigenvalue weighted by molar-refractivity contribution is 8.00. The van der Waals surface area contributed by atoms with Crippen LogP contribution in [0.4, 0.5) is 11.5 Å². The second kappa shape index (κ2) is 8.51. The summed E-state index contributed by atoms with van der Waals surface area (Å²) in [5.41, 5.74) is 6.19. The zero-order chi connectivity index (χ0) is 21.8. The molecule has 0 aliphatic heterocycles. The summed E-state index contributed by atoms with van der Waals surface area (Å²) in [6.07, 6.45) is 0. The number of nitrogens with zero attached hydrogens (tertiary/aromatic N) is 5. The first kappa shape index (κ1) is 20.6. The molecule has 0 saturated heterocycles. The maximum absolute atomic E-state index is 12.5. The average Bonchev–Trinajstić information content (AvgIpc) is 3.06. The number of hydrogen-bond donors (Lipinski definition) is 2. The van der Waals surface area contributed by atoms with Crippen LogP contribution in [0.1, 0.15) is 18.1 Å². The van der Waals surface area contributed by atoms with Gasteiger partial charge in [-0.25, -0.2) is 4.98 Å². The normalized spacial score (nSPS) is 11.3. The molecular weight excluding hydrogens is 406 g/mol. The Hall–Kier alpha value is -4.09. The van der Waals surface area contributed by atoms with Gasteiger partial charge in [-0.3, -0.25) is 4.79 Å². The highest BCUT2D eigenvalue weighted by Crippen LogP contribution is 2.37. The van der Waals surface area contributed by atoms with Crippen molar-refractivity contribution < 1.29 is 19.1 Å². The van der Waals surface area contributed by atoms with Crippen LogP contribution in [-0.4, -0.2) is 21.4 Å². The molecule has 3 rings (SSSR count). The number of hydrogen-bond acceptors (Lipinski definition) is 9. The Bertz CT molecular complexity index is 1180. The first-order valence-corrected chi connectivity index (χ1v) is 9.45. The fourth-order valence-electron chi connectivity index (χ4n) is 2.68. The topological polar surface area (TPSA) is 169 Å². The van der Waals surface area contributed by atoms with Gasteiger partial charge in [0.1, 0.15) is 28.5 Å². The molecule has 2 aromatic heterocycles. The van der Waals surface area contributed by atoms with Crippen molar-refractivity contribution in [1.29, 1.82) is 10.5 Å². The third kappa shape index (κ3) is 3.87. The Kier molecular flexibility index (Phi) is 5.85. The lowest BCUT2D eigenvalue weighted by Gasteiger charge is -2.14. The van der Waals surface area contributed by atoms with Crippen LogP contribution in [0.25, 0.3) is 11.3 Å². The molecule has 1 atom stereocenters. The van der Waals surface area contributed by atoms with E-state index < -0.39 is 11.2 Å². The maximum atomic E-state index is 12.5. The van der Waals surface area contributed by atoms with Crippen LogP contribution >= 0.6 is 11.8 Å². The Morgan fingerprint density at radius 2 is 1.97 bits per heavy atom. The van der Waals surface area contributed by atoms with Gasteiger partial charge in [-0.1, -0.05) is 34.6 Å². The summed E-state index contributed by atoms with van der Waals surface area (Å²) < 4.78 is 5.73. The number of aryl methyl sites for hydroxylation is 1. The van der Waals surface area contributed by atoms with Crippen molar-refractivity contribution in [3.05, 3.63) is 41.5 Å². The van der Waals surface area contributed by atoms with Gasteiger partial charge in [0.15, 0.2) is 13.0 Å². The number of benzene rings is 1. The average molecular weight is 421 g/mol. The van der Waals surface area contributed by atoms with Crippen molar-refractivity contribution in [2.75, 3.05) is 11.1 Å². The van der Waals surface area contributed by atoms with Crippen LogP contribution in [0, 0.1) is 22.7 Å². The minimum atomic E-state index is -0.832. The summed E-state index contributed by atoms with van der Waals surface area (Å²) in [6, 6.07) is 12.7. The lowest BCUT2D eigenvalue weighted by atomic mass is 10.0. The van der Waals surface area contributed by atoms with E-state index in [-0.39, 0.29) is 39.1 Å². The van der Waals surface area contributed by atoms with Crippen LogP contribution in [0.15, 0.2) is 39.9 Å². The molecule has 0 radical (unpaired) electrons. The number of rotatable bonds is 5. The summed E-state index contributed by atoms with van der Waals surface area (Å²) >= 11 is 0.981. The number of aromatic nitrogens is 3. The fraction of sp³-hybridized carbons (Fsp3) is 0.158. The molecule has 30 heavy (non-hydrogen) atoms. The molecule has 1 unspecified atom stereocenters. The van der Waals surface area contributed by atoms with Gasteiger partial charge in [0.2, 0.25) is 5.91 Å². The quantitative estimate of drug-likeness (QED) is 0.452. The number of nitrogen functional groups attached to an aromatic ring is 1. The van der Waals surface area contributed by atoms with Gasteiger partial charge in [-0.2, -0.15) is 10.5 Å². The molecule has 3 N–H and O–H groups in total. The molecule has 150 valence electrons. The number of pyridine rings is 1. The molecule has 1 amide bonds. The molecule has 2 heterocycles. The van der Waals surface area contributed by atoms with Crippen molar-refractivity contribution in [1.82, 2.24) is 10.3 Å². The number of anilines is 2. The van der Waals surface area contributed by atoms with E-state index in [1.807, 2.05) is 18.2 Å². The SMILES string of the molecule is CC(Sc1nc(N)c(C#N)c(-c2c([O-])on[n+]2C)c1C#N)C(=O)Nc1ccccc1. The van der Waals surface area contributed by atoms with Crippen molar-refractivity contribution in [3.63, 3.8) is 0 Å². The number of amides is 1. The van der Waals surface area contributed by atoms with Crippen molar-refractivity contribution in [2.45, 2.75) is 17.2 Å². The van der Waals surface area contributed by atoms with E-state index in [2.05, 4.69) is 20.1 Å². The second-order valence-electron chi connectivity index (χ2n) is 6.10. The zero-order valence-electron chi connectivity index (χ0n) is 15.9. The molecule has 0 bridgehead atoms. The van der Waals surface area contributed by atoms with Crippen molar-refractivity contribution in [2.24, 2.45) is 7.05 Å². The molecule has 0 aliphatic carbocycles.